The van der Waals surface area contributed by atoms with E-state index in [0.717, 1.165) is 78.1 Å². The van der Waals surface area contributed by atoms with Crippen molar-refractivity contribution in [3.8, 4) is 11.1 Å². The summed E-state index contributed by atoms with van der Waals surface area (Å²) in [5.74, 6) is 0.892. The van der Waals surface area contributed by atoms with Gasteiger partial charge in [0.15, 0.2) is 5.78 Å². The molecule has 304 valence electrons. The Hall–Kier alpha value is -4.68. The zero-order valence-electron chi connectivity index (χ0n) is 34.4. The van der Waals surface area contributed by atoms with Crippen LogP contribution < -0.4 is 5.32 Å². The van der Waals surface area contributed by atoms with Crippen LogP contribution in [0.2, 0.25) is 0 Å². The number of aromatic amines is 1. The molecule has 7 aromatic rings. The molecule has 2 aromatic heterocycles. The molecule has 59 heavy (non-hydrogen) atoms. The van der Waals surface area contributed by atoms with Crippen LogP contribution in [-0.2, 0) is 4.74 Å². The van der Waals surface area contributed by atoms with Gasteiger partial charge in [0.2, 0.25) is 0 Å². The van der Waals surface area contributed by atoms with E-state index in [1.54, 1.807) is 18.7 Å². The maximum absolute atomic E-state index is 11.9. The van der Waals surface area contributed by atoms with Gasteiger partial charge >= 0.3 is 0 Å². The van der Waals surface area contributed by atoms with Gasteiger partial charge in [-0.25, -0.2) is 9.97 Å². The molecule has 2 aliphatic heterocycles. The maximum Gasteiger partial charge on any atom is 0.159 e. The molecule has 2 fully saturated rings. The normalized spacial score (nSPS) is 16.8. The molecule has 0 radical (unpaired) electrons. The zero-order valence-corrected chi connectivity index (χ0v) is 36.1. The molecular formula is C49H54N6O2S2. The quantitative estimate of drug-likeness (QED) is 0.0986. The summed E-state index contributed by atoms with van der Waals surface area (Å²) >= 11 is 3.61. The molecule has 0 aliphatic carbocycles. The first-order valence-electron chi connectivity index (χ1n) is 20.7. The van der Waals surface area contributed by atoms with Crippen molar-refractivity contribution in [3.63, 3.8) is 0 Å². The number of para-hydroxylation sites is 3. The average molecular weight is 823 g/mol. The lowest BCUT2D eigenvalue weighted by Gasteiger charge is -2.32. The Bertz CT molecular complexity index is 2420. The van der Waals surface area contributed by atoms with Gasteiger partial charge in [-0.3, -0.25) is 4.79 Å². The molecule has 0 saturated carbocycles. The Morgan fingerprint density at radius 2 is 1.42 bits per heavy atom. The van der Waals surface area contributed by atoms with Crippen molar-refractivity contribution >= 4 is 50.1 Å². The molecule has 8 nitrogen and oxygen atoms in total. The van der Waals surface area contributed by atoms with E-state index in [2.05, 4.69) is 113 Å². The van der Waals surface area contributed by atoms with E-state index < -0.39 is 0 Å². The van der Waals surface area contributed by atoms with Crippen LogP contribution in [0.15, 0.2) is 126 Å². The summed E-state index contributed by atoms with van der Waals surface area (Å²) in [5, 5.41) is 5.10. The number of fused-ring (bicyclic) bond motifs is 2. The number of piperidine rings is 2. The smallest absolute Gasteiger partial charge is 0.159 e. The van der Waals surface area contributed by atoms with E-state index in [1.807, 2.05) is 59.9 Å². The molecule has 0 bridgehead atoms. The molecule has 2 aliphatic rings. The van der Waals surface area contributed by atoms with Crippen molar-refractivity contribution < 1.29 is 9.53 Å². The average Bonchev–Trinajstić information content (AvgIpc) is 3.91. The Balaban J connectivity index is 0.000000169. The number of imidazole rings is 1. The van der Waals surface area contributed by atoms with Crippen molar-refractivity contribution in [2.24, 2.45) is 0 Å². The number of aromatic nitrogens is 3. The number of benzene rings is 5. The number of ether oxygens (including phenoxy) is 1. The van der Waals surface area contributed by atoms with Gasteiger partial charge in [0, 0.05) is 29.6 Å². The van der Waals surface area contributed by atoms with Gasteiger partial charge < -0.3 is 24.8 Å². The Labute approximate surface area is 356 Å². The van der Waals surface area contributed by atoms with E-state index in [-0.39, 0.29) is 24.0 Å². The highest BCUT2D eigenvalue weighted by molar-refractivity contribution is 7.98. The lowest BCUT2D eigenvalue weighted by molar-refractivity contribution is -0.0264. The predicted molar refractivity (Wildman–Crippen MR) is 245 cm³/mol. The van der Waals surface area contributed by atoms with Crippen LogP contribution in [0.1, 0.15) is 77.1 Å². The maximum atomic E-state index is 11.9. The summed E-state index contributed by atoms with van der Waals surface area (Å²) in [6, 6.07) is 42.3. The first-order chi connectivity index (χ1) is 28.8. The van der Waals surface area contributed by atoms with Crippen molar-refractivity contribution in [1.82, 2.24) is 30.1 Å². The van der Waals surface area contributed by atoms with Crippen LogP contribution >= 0.6 is 23.1 Å². The summed E-state index contributed by atoms with van der Waals surface area (Å²) in [5.41, 5.74) is 8.21. The van der Waals surface area contributed by atoms with Crippen molar-refractivity contribution in [2.45, 2.75) is 61.8 Å². The molecule has 2 atom stereocenters. The highest BCUT2D eigenvalue weighted by atomic mass is 32.2. The van der Waals surface area contributed by atoms with Crippen LogP contribution in [0, 0.1) is 0 Å². The van der Waals surface area contributed by atoms with E-state index in [0.29, 0.717) is 11.6 Å². The minimum absolute atomic E-state index is 0.0683. The molecule has 0 amide bonds. The van der Waals surface area contributed by atoms with Crippen LogP contribution in [0.25, 0.3) is 32.4 Å². The van der Waals surface area contributed by atoms with E-state index in [4.69, 9.17) is 14.7 Å². The number of ketones is 1. The summed E-state index contributed by atoms with van der Waals surface area (Å²) in [6.45, 7) is 6.00. The van der Waals surface area contributed by atoms with Gasteiger partial charge in [-0.2, -0.15) is 0 Å². The highest BCUT2D eigenvalue weighted by Gasteiger charge is 2.27. The minimum Gasteiger partial charge on any atom is -0.362 e. The molecule has 0 spiro atoms. The first kappa shape index (κ1) is 41.1. The second-order valence-corrected chi connectivity index (χ2v) is 17.8. The lowest BCUT2D eigenvalue weighted by Crippen LogP contribution is -2.42. The first-order valence-corrected chi connectivity index (χ1v) is 22.8. The van der Waals surface area contributed by atoms with Crippen molar-refractivity contribution in [1.29, 1.82) is 0 Å². The van der Waals surface area contributed by atoms with Crippen LogP contribution in [-0.4, -0.2) is 89.2 Å². The topological polar surface area (TPSA) is 86.4 Å². The SMILES string of the molecule is CC(=O)c1cccc(-c2cccc(C(OC3CCN(C)CC3)c3nc4ccccc4[nH]3)c2)c1.CSc1cccc(C(NC2CCN(C)CC2)c2nc3ccccc3s2)c1. The number of Topliss-reactive ketones (excluding diaryl/α,β-unsaturated/α-hetero) is 1. The monoisotopic (exact) mass is 822 g/mol. The van der Waals surface area contributed by atoms with Gasteiger partial charge in [0.05, 0.1) is 33.4 Å². The summed E-state index contributed by atoms with van der Waals surface area (Å²) in [6.07, 6.45) is 6.43. The third kappa shape index (κ3) is 10.2. The number of carbonyl (C=O) groups excluding carboxylic acids is 1. The predicted octanol–water partition coefficient (Wildman–Crippen LogP) is 10.4. The van der Waals surface area contributed by atoms with Crippen molar-refractivity contribution in [2.75, 3.05) is 46.5 Å². The Morgan fingerprint density at radius 1 is 0.763 bits per heavy atom. The highest BCUT2D eigenvalue weighted by Crippen LogP contribution is 2.34. The molecule has 4 heterocycles. The second kappa shape index (κ2) is 19.1. The van der Waals surface area contributed by atoms with Crippen molar-refractivity contribution in [3.05, 3.63) is 149 Å². The number of nitrogens with zero attached hydrogens (tertiary/aromatic N) is 4. The summed E-state index contributed by atoms with van der Waals surface area (Å²) < 4.78 is 7.98. The fraction of sp³-hybridized carbons (Fsp3) is 0.327. The number of rotatable bonds is 11. The number of thioether (sulfide) groups is 1. The van der Waals surface area contributed by atoms with Gasteiger partial charge in [0.1, 0.15) is 16.9 Å². The fourth-order valence-corrected chi connectivity index (χ4v) is 9.59. The zero-order chi connectivity index (χ0) is 40.7. The number of hydrogen-bond donors (Lipinski definition) is 2. The van der Waals surface area contributed by atoms with Gasteiger partial charge in [0.25, 0.3) is 0 Å². The fourth-order valence-electron chi connectivity index (χ4n) is 8.07. The molecule has 2 saturated heterocycles. The third-order valence-electron chi connectivity index (χ3n) is 11.5. The Morgan fingerprint density at radius 3 is 2.15 bits per heavy atom. The second-order valence-electron chi connectivity index (χ2n) is 15.9. The largest absolute Gasteiger partial charge is 0.362 e. The summed E-state index contributed by atoms with van der Waals surface area (Å²) in [7, 11) is 4.37. The summed E-state index contributed by atoms with van der Waals surface area (Å²) in [4.78, 5) is 31.3. The number of nitrogens with one attached hydrogen (secondary N) is 2. The number of likely N-dealkylation sites (tertiary alicyclic amines) is 2. The number of H-pyrrole nitrogens is 1. The molecule has 5 aromatic carbocycles. The molecule has 9 rings (SSSR count). The van der Waals surface area contributed by atoms with Crippen LogP contribution in [0.3, 0.4) is 0 Å². The molecule has 2 N–H and O–H groups in total. The van der Waals surface area contributed by atoms with Gasteiger partial charge in [-0.15, -0.1) is 23.1 Å². The van der Waals surface area contributed by atoms with Crippen LogP contribution in [0.4, 0.5) is 0 Å². The molecule has 10 heteroatoms. The number of hydrogen-bond acceptors (Lipinski definition) is 9. The van der Waals surface area contributed by atoms with E-state index >= 15 is 0 Å². The lowest BCUT2D eigenvalue weighted by atomic mass is 9.98. The molecule has 2 unspecified atom stereocenters. The van der Waals surface area contributed by atoms with Gasteiger partial charge in [-0.05, 0) is 137 Å². The Kier molecular flexibility index (Phi) is 13.3. The van der Waals surface area contributed by atoms with Crippen LogP contribution in [0.5, 0.6) is 0 Å². The number of carbonyl (C=O) groups is 1. The standard InChI is InChI=1S/C28H29N3O2.C21H25N3S2/c1-19(32)20-7-5-8-21(17-20)22-9-6-10-23(18-22)27(33-24-13-15-31(2)16-14-24)28-29-25-11-3-4-12-26(25)30-28;1-24-12-10-16(11-13-24)22-20(15-6-5-7-17(14-15)25-2)21-23-18-8-3-4-9-19(18)26-21/h3-12,17-18,24,27H,13-16H2,1-2H3,(H,29,30);3-9,14,16,20,22H,10-13H2,1-2H3. The molecular weight excluding hydrogens is 769 g/mol. The van der Waals surface area contributed by atoms with E-state index in [9.17, 15) is 4.79 Å². The third-order valence-corrected chi connectivity index (χ3v) is 13.4. The van der Waals surface area contributed by atoms with E-state index in [1.165, 1.54) is 33.0 Å². The minimum atomic E-state index is -0.290. The van der Waals surface area contributed by atoms with Gasteiger partial charge in [-0.1, -0.05) is 72.8 Å². The number of thiazole rings is 1.